The van der Waals surface area contributed by atoms with E-state index in [1.807, 2.05) is 6.92 Å². The van der Waals surface area contributed by atoms with Gasteiger partial charge >= 0.3 is 0 Å². The lowest BCUT2D eigenvalue weighted by molar-refractivity contribution is 0.329. The topological polar surface area (TPSA) is 18.5 Å². The van der Waals surface area contributed by atoms with Crippen molar-refractivity contribution in [2.24, 2.45) is 0 Å². The fourth-order valence-corrected chi connectivity index (χ4v) is 2.73. The van der Waals surface area contributed by atoms with Crippen molar-refractivity contribution in [1.29, 1.82) is 0 Å². The largest absolute Gasteiger partial charge is 0.488 e. The minimum Gasteiger partial charge on any atom is -0.488 e. The van der Waals surface area contributed by atoms with Gasteiger partial charge in [-0.05, 0) is 32.2 Å². The van der Waals surface area contributed by atoms with Crippen LogP contribution in [-0.2, 0) is 9.16 Å². The number of ether oxygens (including phenoxy) is 1. The van der Waals surface area contributed by atoms with Gasteiger partial charge in [0.2, 0.25) is 0 Å². The lowest BCUT2D eigenvalue weighted by Crippen LogP contribution is -2.31. The Morgan fingerprint density at radius 1 is 1.45 bits per heavy atom. The molecule has 0 amide bonds. The second-order valence-electron chi connectivity index (χ2n) is 2.95. The summed E-state index contributed by atoms with van der Waals surface area (Å²) < 4.78 is 10.5. The maximum absolute atomic E-state index is 5.33. The maximum Gasteiger partial charge on any atom is 0.194 e. The summed E-state index contributed by atoms with van der Waals surface area (Å²) in [5.74, 6) is 0. The standard InChI is InChI=1S/C7H16O2SSi/c1-5-9-7(10)6-11(3,4)8-2/h5-6H2,1-4H3. The molecule has 0 aromatic heterocycles. The molecule has 66 valence electrons. The summed E-state index contributed by atoms with van der Waals surface area (Å²) in [4.78, 5) is 0. The lowest BCUT2D eigenvalue weighted by Gasteiger charge is -2.19. The van der Waals surface area contributed by atoms with Crippen LogP contribution in [0.5, 0.6) is 0 Å². The molecule has 0 spiro atoms. The summed E-state index contributed by atoms with van der Waals surface area (Å²) in [5, 5.41) is 0.686. The van der Waals surface area contributed by atoms with Crippen molar-refractivity contribution in [3.63, 3.8) is 0 Å². The quantitative estimate of drug-likeness (QED) is 0.502. The van der Waals surface area contributed by atoms with Crippen molar-refractivity contribution in [2.75, 3.05) is 13.7 Å². The monoisotopic (exact) mass is 192 g/mol. The summed E-state index contributed by atoms with van der Waals surface area (Å²) >= 11 is 5.00. The zero-order valence-electron chi connectivity index (χ0n) is 7.64. The first kappa shape index (κ1) is 11.1. The molecule has 0 aromatic rings. The van der Waals surface area contributed by atoms with E-state index in [0.29, 0.717) is 11.7 Å². The molecule has 0 aromatic carbocycles. The predicted octanol–water partition coefficient (Wildman–Crippen LogP) is 2.20. The molecule has 0 aliphatic rings. The molecule has 0 atom stereocenters. The van der Waals surface area contributed by atoms with Crippen LogP contribution in [-0.4, -0.2) is 27.1 Å². The third-order valence-corrected chi connectivity index (χ3v) is 4.22. The first-order valence-corrected chi connectivity index (χ1v) is 7.25. The highest BCUT2D eigenvalue weighted by atomic mass is 32.1. The fraction of sp³-hybridized carbons (Fsp3) is 0.857. The summed E-state index contributed by atoms with van der Waals surface area (Å²) in [6.07, 6.45) is 0. The van der Waals surface area contributed by atoms with Crippen molar-refractivity contribution in [3.05, 3.63) is 0 Å². The van der Waals surface area contributed by atoms with E-state index in [1.165, 1.54) is 0 Å². The Morgan fingerprint density at radius 2 is 2.00 bits per heavy atom. The lowest BCUT2D eigenvalue weighted by atomic mass is 10.8. The van der Waals surface area contributed by atoms with Crippen LogP contribution in [0.25, 0.3) is 0 Å². The molecule has 0 aliphatic carbocycles. The van der Waals surface area contributed by atoms with Crippen LogP contribution in [0, 0.1) is 0 Å². The van der Waals surface area contributed by atoms with Crippen molar-refractivity contribution in [1.82, 2.24) is 0 Å². The van der Waals surface area contributed by atoms with Crippen molar-refractivity contribution < 1.29 is 9.16 Å². The molecule has 2 nitrogen and oxygen atoms in total. The van der Waals surface area contributed by atoms with Crippen molar-refractivity contribution in [2.45, 2.75) is 26.1 Å². The maximum atomic E-state index is 5.33. The van der Waals surface area contributed by atoms with E-state index in [1.54, 1.807) is 7.11 Å². The molecular formula is C7H16O2SSi. The van der Waals surface area contributed by atoms with E-state index in [-0.39, 0.29) is 0 Å². The van der Waals surface area contributed by atoms with E-state index in [9.17, 15) is 0 Å². The highest BCUT2D eigenvalue weighted by molar-refractivity contribution is 7.80. The molecule has 11 heavy (non-hydrogen) atoms. The number of rotatable bonds is 4. The van der Waals surface area contributed by atoms with Crippen LogP contribution in [0.4, 0.5) is 0 Å². The van der Waals surface area contributed by atoms with Gasteiger partial charge in [0.1, 0.15) is 0 Å². The first-order chi connectivity index (χ1) is 5.02. The van der Waals surface area contributed by atoms with Gasteiger partial charge in [-0.15, -0.1) is 0 Å². The van der Waals surface area contributed by atoms with E-state index >= 15 is 0 Å². The smallest absolute Gasteiger partial charge is 0.194 e. The van der Waals surface area contributed by atoms with Gasteiger partial charge in [-0.1, -0.05) is 0 Å². The fourth-order valence-electron chi connectivity index (χ4n) is 0.632. The Balaban J connectivity index is 3.74. The van der Waals surface area contributed by atoms with Crippen LogP contribution >= 0.6 is 12.2 Å². The van der Waals surface area contributed by atoms with Gasteiger partial charge in [0.05, 0.1) is 6.61 Å². The third-order valence-electron chi connectivity index (χ3n) is 1.43. The van der Waals surface area contributed by atoms with Gasteiger partial charge in [-0.3, -0.25) is 0 Å². The van der Waals surface area contributed by atoms with Gasteiger partial charge in [0.25, 0.3) is 0 Å². The highest BCUT2D eigenvalue weighted by Crippen LogP contribution is 2.11. The van der Waals surface area contributed by atoms with Crippen LogP contribution < -0.4 is 0 Å². The van der Waals surface area contributed by atoms with Crippen LogP contribution in [0.15, 0.2) is 0 Å². The average molecular weight is 192 g/mol. The third kappa shape index (κ3) is 5.35. The Kier molecular flexibility index (Phi) is 4.88. The normalized spacial score (nSPS) is 11.3. The molecule has 0 aliphatic heterocycles. The number of thiocarbonyl (C=S) groups is 1. The molecule has 0 N–H and O–H groups in total. The van der Waals surface area contributed by atoms with Crippen LogP contribution in [0.2, 0.25) is 19.1 Å². The van der Waals surface area contributed by atoms with Gasteiger partial charge < -0.3 is 9.16 Å². The molecule has 4 heteroatoms. The molecule has 0 heterocycles. The molecule has 0 fully saturated rings. The summed E-state index contributed by atoms with van der Waals surface area (Å²) in [6.45, 7) is 6.84. The zero-order valence-corrected chi connectivity index (χ0v) is 9.46. The highest BCUT2D eigenvalue weighted by Gasteiger charge is 2.23. The Morgan fingerprint density at radius 3 is 2.36 bits per heavy atom. The van der Waals surface area contributed by atoms with Gasteiger partial charge in [-0.25, -0.2) is 0 Å². The SMILES string of the molecule is CCOC(=S)C[Si](C)(C)OC. The second-order valence-corrected chi connectivity index (χ2v) is 7.68. The van der Waals surface area contributed by atoms with E-state index in [0.717, 1.165) is 6.04 Å². The van der Waals surface area contributed by atoms with Gasteiger partial charge in [0, 0.05) is 13.2 Å². The number of hydrogen-bond donors (Lipinski definition) is 0. The molecule has 0 rings (SSSR count). The number of hydrogen-bond acceptors (Lipinski definition) is 3. The molecule has 0 saturated heterocycles. The van der Waals surface area contributed by atoms with Crippen molar-refractivity contribution >= 4 is 25.6 Å². The zero-order chi connectivity index (χ0) is 8.91. The van der Waals surface area contributed by atoms with E-state index in [4.69, 9.17) is 21.4 Å². The van der Waals surface area contributed by atoms with Gasteiger partial charge in [-0.2, -0.15) is 0 Å². The molecule has 0 saturated carbocycles. The minimum absolute atomic E-state index is 0.660. The van der Waals surface area contributed by atoms with Crippen LogP contribution in [0.1, 0.15) is 6.92 Å². The van der Waals surface area contributed by atoms with Crippen LogP contribution in [0.3, 0.4) is 0 Å². The molecular weight excluding hydrogens is 176 g/mol. The predicted molar refractivity (Wildman–Crippen MR) is 53.5 cm³/mol. The molecule has 0 unspecified atom stereocenters. The van der Waals surface area contributed by atoms with Crippen molar-refractivity contribution in [3.8, 4) is 0 Å². The van der Waals surface area contributed by atoms with E-state index in [2.05, 4.69) is 13.1 Å². The second kappa shape index (κ2) is 4.85. The first-order valence-electron chi connectivity index (χ1n) is 3.72. The Bertz CT molecular complexity index is 136. The average Bonchev–Trinajstić information content (AvgIpc) is 1.87. The summed E-state index contributed by atoms with van der Waals surface area (Å²) in [6, 6.07) is 0.812. The minimum atomic E-state index is -1.54. The van der Waals surface area contributed by atoms with Gasteiger partial charge in [0.15, 0.2) is 13.4 Å². The summed E-state index contributed by atoms with van der Waals surface area (Å²) in [5.41, 5.74) is 0. The molecule has 0 bridgehead atoms. The summed E-state index contributed by atoms with van der Waals surface area (Å²) in [7, 11) is 0.193. The van der Waals surface area contributed by atoms with E-state index < -0.39 is 8.32 Å². The molecule has 0 radical (unpaired) electrons. The Hall–Kier alpha value is 0.0669. The Labute approximate surface area is 75.0 Å².